The minimum atomic E-state index is -3.56. The van der Waals surface area contributed by atoms with E-state index in [2.05, 4.69) is 0 Å². The molecule has 0 N–H and O–H groups in total. The van der Waals surface area contributed by atoms with Crippen LogP contribution >= 0.6 is 23.0 Å². The zero-order chi connectivity index (χ0) is 60.0. The van der Waals surface area contributed by atoms with Crippen molar-refractivity contribution in [1.29, 1.82) is 0 Å². The van der Waals surface area contributed by atoms with Crippen LogP contribution in [0.3, 0.4) is 0 Å². The average Bonchev–Trinajstić information content (AvgIpc) is 3.42. The number of benzene rings is 1. The Morgan fingerprint density at radius 1 is 0.605 bits per heavy atom. The minimum absolute atomic E-state index is 0.0420. The molecular weight excluding hydrogens is 1110 g/mol. The van der Waals surface area contributed by atoms with Gasteiger partial charge in [-0.2, -0.15) is 0 Å². The summed E-state index contributed by atoms with van der Waals surface area (Å²) in [5, 5.41) is 11.8. The molecule has 5 heterocycles. The number of morpholine rings is 5. The van der Waals surface area contributed by atoms with Crippen molar-refractivity contribution in [2.24, 2.45) is 0 Å². The maximum Gasteiger partial charge on any atom is 0.410 e. The van der Waals surface area contributed by atoms with Gasteiger partial charge in [-0.15, -0.1) is 0 Å². The molecule has 5 aliphatic heterocycles. The highest BCUT2D eigenvalue weighted by Crippen LogP contribution is 2.56. The van der Waals surface area contributed by atoms with Crippen LogP contribution in [0.5, 0.6) is 0 Å². The highest BCUT2D eigenvalue weighted by molar-refractivity contribution is 7.54. The van der Waals surface area contributed by atoms with Crippen molar-refractivity contribution < 1.29 is 74.9 Å². The standard InChI is InChI=1S/C25H40B2N5O9P.C21H42B3N5O8P2/c1-28(2)42(36,38-17-18-12-29(3)14-23(26)39-18)30(4)11-10-22(20-8-6-7-9-21(20)32(34)35)41-25(33)31-13-19(16-37-5)40-24(27)15-31;1-25(2)38(30,28-8-17(13-32-6)36-20(23)11-28)34-15-18-9-29(12-21(24)37-18)39(31,26(3)4)33-14-16-7-27(5)10-19(22)35-16/h6-9,18-19,22-24H,10-17H2,1-5H3;16-21H,7-15H2,1-6H3. The number of amides is 1. The molecule has 14 unspecified atom stereocenters. The molecule has 1 amide bonds. The fraction of sp³-hybridized carbons (Fsp3) is 0.848. The fourth-order valence-corrected chi connectivity index (χ4v) is 15.7. The summed E-state index contributed by atoms with van der Waals surface area (Å²) < 4.78 is 115. The lowest BCUT2D eigenvalue weighted by Crippen LogP contribution is -2.51. The molecule has 1 aromatic carbocycles. The van der Waals surface area contributed by atoms with Crippen LogP contribution in [0.25, 0.3) is 0 Å². The molecule has 1 aromatic rings. The first-order valence-electron chi connectivity index (χ1n) is 26.7. The molecule has 27 nitrogen and oxygen atoms in total. The summed E-state index contributed by atoms with van der Waals surface area (Å²) in [4.78, 5) is 30.1. The van der Waals surface area contributed by atoms with Crippen molar-refractivity contribution in [3.63, 3.8) is 0 Å². The summed E-state index contributed by atoms with van der Waals surface area (Å²) >= 11 is 0. The van der Waals surface area contributed by atoms with Crippen LogP contribution in [0.15, 0.2) is 24.3 Å². The van der Waals surface area contributed by atoms with Gasteiger partial charge in [0.25, 0.3) is 5.69 Å². The third kappa shape index (κ3) is 20.1. The quantitative estimate of drug-likeness (QED) is 0.0566. The first-order chi connectivity index (χ1) is 38.1. The van der Waals surface area contributed by atoms with E-state index in [9.17, 15) is 28.6 Å². The summed E-state index contributed by atoms with van der Waals surface area (Å²) in [5.74, 6) is 0. The molecule has 14 atom stereocenters. The van der Waals surface area contributed by atoms with Gasteiger partial charge in [-0.25, -0.2) is 32.8 Å². The molecule has 35 heteroatoms. The maximum atomic E-state index is 14.1. The SMILES string of the molecule is [B]C1CN(C)CC(COP(=O)(N(C)C)N(C)CCC(OC(=O)N2CC([B])OC(COC)C2)c2ccccc2[N+](=O)[O-])O1.[B]C1CN(C)CC(COP(=O)(N(C)C)N2CC([B])OC(COP(=O)(N(C)C)N3CC([B])OC(COC)C3)C2)O1. The van der Waals surface area contributed by atoms with Crippen molar-refractivity contribution in [3.8, 4) is 0 Å². The van der Waals surface area contributed by atoms with Crippen LogP contribution in [-0.4, -0.2) is 336 Å². The predicted molar refractivity (Wildman–Crippen MR) is 307 cm³/mol. The van der Waals surface area contributed by atoms with Crippen LogP contribution in [0.4, 0.5) is 10.5 Å². The van der Waals surface area contributed by atoms with E-state index in [1.54, 1.807) is 76.5 Å². The van der Waals surface area contributed by atoms with E-state index < -0.39 is 82.4 Å². The third-order valence-electron chi connectivity index (χ3n) is 13.6. The van der Waals surface area contributed by atoms with Crippen LogP contribution in [-0.2, 0) is 65.2 Å². The van der Waals surface area contributed by atoms with E-state index >= 15 is 0 Å². The topological polar surface area (TPSA) is 242 Å². The van der Waals surface area contributed by atoms with Gasteiger partial charge in [-0.3, -0.25) is 23.8 Å². The number of carbonyl (C=O) groups excluding carboxylic acids is 1. The Hall–Kier alpha value is -1.82. The van der Waals surface area contributed by atoms with E-state index in [0.29, 0.717) is 39.3 Å². The Bertz CT molecular complexity index is 2270. The molecule has 81 heavy (non-hydrogen) atoms. The summed E-state index contributed by atoms with van der Waals surface area (Å²) in [7, 11) is 38.1. The second-order valence-electron chi connectivity index (χ2n) is 21.2. The maximum absolute atomic E-state index is 14.1. The largest absolute Gasteiger partial charge is 0.441 e. The molecule has 448 valence electrons. The Kier molecular flexibility index (Phi) is 27.8. The van der Waals surface area contributed by atoms with Gasteiger partial charge in [0.15, 0.2) is 0 Å². The molecule has 5 aliphatic rings. The summed E-state index contributed by atoms with van der Waals surface area (Å²) in [6.45, 7) is 4.26. The van der Waals surface area contributed by atoms with E-state index in [1.807, 2.05) is 23.9 Å². The molecule has 6 rings (SSSR count). The number of rotatable bonds is 25. The van der Waals surface area contributed by atoms with E-state index in [4.69, 9.17) is 90.7 Å². The smallest absolute Gasteiger partial charge is 0.410 e. The van der Waals surface area contributed by atoms with Crippen LogP contribution in [0.1, 0.15) is 18.1 Å². The number of carbonyl (C=O) groups is 1. The van der Waals surface area contributed by atoms with Gasteiger partial charge in [-0.1, -0.05) is 12.1 Å². The number of ether oxygens (including phenoxy) is 8. The molecular formula is C46H82B5N10O17P3. The van der Waals surface area contributed by atoms with Gasteiger partial charge in [0, 0.05) is 122 Å². The lowest BCUT2D eigenvalue weighted by atomic mass is 9.97. The Morgan fingerprint density at radius 3 is 1.44 bits per heavy atom. The monoisotopic (exact) mass is 1190 g/mol. The van der Waals surface area contributed by atoms with E-state index in [0.717, 1.165) is 0 Å². The minimum Gasteiger partial charge on any atom is -0.441 e. The predicted octanol–water partition coefficient (Wildman–Crippen LogP) is 0.669. The number of hydrogen-bond donors (Lipinski definition) is 0. The molecule has 0 bridgehead atoms. The number of hydrogen-bond acceptors (Lipinski definition) is 19. The molecule has 10 radical (unpaired) electrons. The van der Waals surface area contributed by atoms with Gasteiger partial charge < -0.3 is 66.2 Å². The normalized spacial score (nSPS) is 30.3. The summed E-state index contributed by atoms with van der Waals surface area (Å²) in [6, 6.07) is 3.00. The lowest BCUT2D eigenvalue weighted by molar-refractivity contribution is -0.386. The van der Waals surface area contributed by atoms with Crippen LogP contribution < -0.4 is 0 Å². The van der Waals surface area contributed by atoms with Gasteiger partial charge in [0.2, 0.25) is 0 Å². The summed E-state index contributed by atoms with van der Waals surface area (Å²) in [6.07, 6.45) is -3.78. The number of nitro benzene ring substituents is 1. The molecule has 0 saturated carbocycles. The van der Waals surface area contributed by atoms with E-state index in [1.165, 1.54) is 44.2 Å². The summed E-state index contributed by atoms with van der Waals surface area (Å²) in [5.41, 5.74) is 0.0133. The number of para-hydroxylation sites is 1. The zero-order valence-electron chi connectivity index (χ0n) is 48.8. The average molecular weight is 1190 g/mol. The van der Waals surface area contributed by atoms with Crippen molar-refractivity contribution in [2.75, 3.05) is 183 Å². The van der Waals surface area contributed by atoms with Crippen molar-refractivity contribution in [3.05, 3.63) is 39.9 Å². The van der Waals surface area contributed by atoms with E-state index in [-0.39, 0.29) is 102 Å². The first kappa shape index (κ1) is 70.0. The van der Waals surface area contributed by atoms with Gasteiger partial charge >= 0.3 is 29.1 Å². The van der Waals surface area contributed by atoms with Crippen molar-refractivity contribution in [2.45, 2.75) is 73.1 Å². The number of likely N-dealkylation sites (N-methyl/N-ethyl adjacent to an activating group) is 2. The fourth-order valence-electron chi connectivity index (χ4n) is 9.88. The number of nitro groups is 1. The first-order valence-corrected chi connectivity index (χ1v) is 31.3. The molecule has 0 aliphatic carbocycles. The van der Waals surface area contributed by atoms with Gasteiger partial charge in [0.05, 0.1) is 80.6 Å². The van der Waals surface area contributed by atoms with Gasteiger partial charge in [-0.05, 0) is 69.5 Å². The zero-order valence-corrected chi connectivity index (χ0v) is 51.5. The third-order valence-corrected chi connectivity index (χ3v) is 21.3. The number of nitrogens with zero attached hydrogens (tertiary/aromatic N) is 10. The Morgan fingerprint density at radius 2 is 1.01 bits per heavy atom. The lowest BCUT2D eigenvalue weighted by Gasteiger charge is -2.44. The molecule has 0 aromatic heterocycles. The molecule has 0 spiro atoms. The van der Waals surface area contributed by atoms with Crippen LogP contribution in [0, 0.1) is 10.1 Å². The molecule has 5 saturated heterocycles. The molecule has 5 fully saturated rings. The Labute approximate surface area is 485 Å². The Balaban J connectivity index is 0.000000298. The van der Waals surface area contributed by atoms with Crippen LogP contribution in [0.2, 0.25) is 0 Å². The highest BCUT2D eigenvalue weighted by atomic mass is 31.2. The van der Waals surface area contributed by atoms with Crippen molar-refractivity contribution >= 4 is 74.0 Å². The highest BCUT2D eigenvalue weighted by Gasteiger charge is 2.45. The van der Waals surface area contributed by atoms with Gasteiger partial charge in [0.1, 0.15) is 45.3 Å². The van der Waals surface area contributed by atoms with Crippen molar-refractivity contribution in [1.82, 2.24) is 42.7 Å². The second-order valence-corrected chi connectivity index (χ2v) is 29.2. The number of methoxy groups -OCH3 is 2. The second kappa shape index (κ2) is 32.2.